The largest absolute Gasteiger partial charge is 0.389 e. The molecule has 5 heteroatoms. The Balaban J connectivity index is 2.23. The van der Waals surface area contributed by atoms with Gasteiger partial charge in [-0.1, -0.05) is 12.2 Å². The quantitative estimate of drug-likeness (QED) is 0.861. The Kier molecular flexibility index (Phi) is 4.71. The van der Waals surface area contributed by atoms with E-state index in [0.29, 0.717) is 12.2 Å². The molecule has 0 aromatic heterocycles. The van der Waals surface area contributed by atoms with Gasteiger partial charge in [-0.2, -0.15) is 0 Å². The number of nitrogens with two attached hydrogens (primary N) is 1. The number of hydrogen-bond acceptors (Lipinski definition) is 3. The van der Waals surface area contributed by atoms with Gasteiger partial charge < -0.3 is 15.4 Å². The van der Waals surface area contributed by atoms with Crippen LogP contribution in [0.1, 0.15) is 25.3 Å². The molecule has 1 saturated heterocycles. The van der Waals surface area contributed by atoms with Gasteiger partial charge in [0.05, 0.1) is 6.10 Å². The summed E-state index contributed by atoms with van der Waals surface area (Å²) in [6, 6.07) is 4.60. The Labute approximate surface area is 118 Å². The van der Waals surface area contributed by atoms with Gasteiger partial charge >= 0.3 is 0 Å². The van der Waals surface area contributed by atoms with E-state index in [-0.39, 0.29) is 16.9 Å². The van der Waals surface area contributed by atoms with Crippen LogP contribution in [0, 0.1) is 5.82 Å². The molecule has 0 bridgehead atoms. The molecular formula is C14H19FN2OS. The lowest BCUT2D eigenvalue weighted by atomic mass is 10.0. The molecule has 1 unspecified atom stereocenters. The topological polar surface area (TPSA) is 38.5 Å². The number of piperidine rings is 1. The van der Waals surface area contributed by atoms with Gasteiger partial charge in [-0.05, 0) is 38.0 Å². The number of thiocarbonyl (C=S) groups is 1. The minimum Gasteiger partial charge on any atom is -0.389 e. The highest BCUT2D eigenvalue weighted by Crippen LogP contribution is 2.26. The summed E-state index contributed by atoms with van der Waals surface area (Å²) in [5.41, 5.74) is 7.20. The predicted molar refractivity (Wildman–Crippen MR) is 79.1 cm³/mol. The fraction of sp³-hybridized carbons (Fsp3) is 0.500. The van der Waals surface area contributed by atoms with Crippen LogP contribution in [0.3, 0.4) is 0 Å². The second-order valence-electron chi connectivity index (χ2n) is 4.69. The molecule has 0 amide bonds. The van der Waals surface area contributed by atoms with Gasteiger partial charge in [0.25, 0.3) is 0 Å². The molecule has 1 aromatic rings. The number of benzene rings is 1. The van der Waals surface area contributed by atoms with Crippen molar-refractivity contribution in [2.45, 2.75) is 25.9 Å². The van der Waals surface area contributed by atoms with Crippen molar-refractivity contribution in [3.05, 3.63) is 29.6 Å². The van der Waals surface area contributed by atoms with E-state index in [4.69, 9.17) is 22.7 Å². The number of nitrogens with zero attached hydrogens (tertiary/aromatic N) is 1. The maximum Gasteiger partial charge on any atom is 0.124 e. The Morgan fingerprint density at radius 1 is 1.58 bits per heavy atom. The van der Waals surface area contributed by atoms with E-state index in [9.17, 15) is 4.39 Å². The zero-order valence-corrected chi connectivity index (χ0v) is 11.9. The van der Waals surface area contributed by atoms with E-state index in [1.54, 1.807) is 6.07 Å². The number of anilines is 1. The van der Waals surface area contributed by atoms with Gasteiger partial charge in [0.2, 0.25) is 0 Å². The first-order chi connectivity index (χ1) is 9.11. The minimum atomic E-state index is -0.315. The summed E-state index contributed by atoms with van der Waals surface area (Å²) >= 11 is 5.01. The number of halogens is 1. The van der Waals surface area contributed by atoms with Crippen LogP contribution in [0.15, 0.2) is 18.2 Å². The van der Waals surface area contributed by atoms with E-state index in [1.807, 2.05) is 6.92 Å². The Morgan fingerprint density at radius 2 is 2.37 bits per heavy atom. The summed E-state index contributed by atoms with van der Waals surface area (Å²) < 4.78 is 19.0. The lowest BCUT2D eigenvalue weighted by Crippen LogP contribution is -2.40. The first kappa shape index (κ1) is 14.2. The fourth-order valence-electron chi connectivity index (χ4n) is 2.51. The average Bonchev–Trinajstić information content (AvgIpc) is 2.39. The molecule has 0 saturated carbocycles. The predicted octanol–water partition coefficient (Wildman–Crippen LogP) is 2.47. The molecule has 0 aliphatic carbocycles. The number of rotatable bonds is 4. The number of ether oxygens (including phenoxy) is 1. The average molecular weight is 282 g/mol. The Hall–Kier alpha value is -1.20. The van der Waals surface area contributed by atoms with E-state index in [1.165, 1.54) is 12.1 Å². The SMILES string of the molecule is CCOC1CCCN(c2ccc(F)cc2C(N)=S)C1. The van der Waals surface area contributed by atoms with E-state index >= 15 is 0 Å². The van der Waals surface area contributed by atoms with E-state index in [0.717, 1.165) is 31.6 Å². The van der Waals surface area contributed by atoms with Crippen LogP contribution in [0.4, 0.5) is 10.1 Å². The highest BCUT2D eigenvalue weighted by atomic mass is 32.1. The molecular weight excluding hydrogens is 263 g/mol. The van der Waals surface area contributed by atoms with Crippen LogP contribution >= 0.6 is 12.2 Å². The maximum atomic E-state index is 13.3. The monoisotopic (exact) mass is 282 g/mol. The van der Waals surface area contributed by atoms with Gasteiger partial charge in [-0.3, -0.25) is 0 Å². The summed E-state index contributed by atoms with van der Waals surface area (Å²) in [5.74, 6) is -0.315. The van der Waals surface area contributed by atoms with Gasteiger partial charge in [0, 0.05) is 30.9 Å². The third kappa shape index (κ3) is 3.42. The van der Waals surface area contributed by atoms with Crippen LogP contribution in [-0.4, -0.2) is 30.8 Å². The van der Waals surface area contributed by atoms with Crippen LogP contribution in [-0.2, 0) is 4.74 Å². The molecule has 19 heavy (non-hydrogen) atoms. The van der Waals surface area contributed by atoms with Crippen molar-refractivity contribution in [2.75, 3.05) is 24.6 Å². The summed E-state index contributed by atoms with van der Waals surface area (Å²) in [5, 5.41) is 0. The molecule has 1 aliphatic heterocycles. The highest BCUT2D eigenvalue weighted by molar-refractivity contribution is 7.80. The van der Waals surface area contributed by atoms with Crippen molar-refractivity contribution in [3.63, 3.8) is 0 Å². The van der Waals surface area contributed by atoms with Crippen molar-refractivity contribution >= 4 is 22.9 Å². The zero-order chi connectivity index (χ0) is 13.8. The Bertz CT molecular complexity index is 465. The molecule has 0 spiro atoms. The first-order valence-corrected chi connectivity index (χ1v) is 6.98. The molecule has 1 aromatic carbocycles. The van der Waals surface area contributed by atoms with E-state index in [2.05, 4.69) is 4.90 Å². The fourth-order valence-corrected chi connectivity index (χ4v) is 2.67. The maximum absolute atomic E-state index is 13.3. The molecule has 1 aliphatic rings. The van der Waals surface area contributed by atoms with Crippen molar-refractivity contribution in [1.82, 2.24) is 0 Å². The third-order valence-electron chi connectivity index (χ3n) is 3.35. The van der Waals surface area contributed by atoms with Gasteiger partial charge in [-0.25, -0.2) is 4.39 Å². The van der Waals surface area contributed by atoms with Gasteiger partial charge in [0.15, 0.2) is 0 Å². The minimum absolute atomic E-state index is 0.225. The van der Waals surface area contributed by atoms with Crippen molar-refractivity contribution < 1.29 is 9.13 Å². The molecule has 2 rings (SSSR count). The highest BCUT2D eigenvalue weighted by Gasteiger charge is 2.22. The second-order valence-corrected chi connectivity index (χ2v) is 5.13. The second kappa shape index (κ2) is 6.30. The molecule has 1 heterocycles. The molecule has 0 radical (unpaired) electrons. The van der Waals surface area contributed by atoms with Crippen molar-refractivity contribution in [3.8, 4) is 0 Å². The lowest BCUT2D eigenvalue weighted by Gasteiger charge is -2.35. The van der Waals surface area contributed by atoms with E-state index < -0.39 is 0 Å². The van der Waals surface area contributed by atoms with Crippen molar-refractivity contribution in [1.29, 1.82) is 0 Å². The molecule has 104 valence electrons. The van der Waals surface area contributed by atoms with Crippen LogP contribution in [0.5, 0.6) is 0 Å². The first-order valence-electron chi connectivity index (χ1n) is 6.57. The zero-order valence-electron chi connectivity index (χ0n) is 11.1. The lowest BCUT2D eigenvalue weighted by molar-refractivity contribution is 0.0526. The van der Waals surface area contributed by atoms with Crippen molar-refractivity contribution in [2.24, 2.45) is 5.73 Å². The summed E-state index contributed by atoms with van der Waals surface area (Å²) in [6.45, 7) is 4.43. The summed E-state index contributed by atoms with van der Waals surface area (Å²) in [4.78, 5) is 2.41. The molecule has 3 nitrogen and oxygen atoms in total. The number of hydrogen-bond donors (Lipinski definition) is 1. The molecule has 1 atom stereocenters. The molecule has 1 fully saturated rings. The molecule has 2 N–H and O–H groups in total. The van der Waals surface area contributed by atoms with Crippen LogP contribution < -0.4 is 10.6 Å². The Morgan fingerprint density at radius 3 is 3.05 bits per heavy atom. The van der Waals surface area contributed by atoms with Gasteiger partial charge in [0.1, 0.15) is 10.8 Å². The van der Waals surface area contributed by atoms with Crippen LogP contribution in [0.25, 0.3) is 0 Å². The summed E-state index contributed by atoms with van der Waals surface area (Å²) in [6.07, 6.45) is 2.34. The normalized spacial score (nSPS) is 19.5. The summed E-state index contributed by atoms with van der Waals surface area (Å²) in [7, 11) is 0. The van der Waals surface area contributed by atoms with Gasteiger partial charge in [-0.15, -0.1) is 0 Å². The van der Waals surface area contributed by atoms with Crippen LogP contribution in [0.2, 0.25) is 0 Å². The smallest absolute Gasteiger partial charge is 0.124 e. The standard InChI is InChI=1S/C14H19FN2OS/c1-2-18-11-4-3-7-17(9-11)13-6-5-10(15)8-12(13)14(16)19/h5-6,8,11H,2-4,7,9H2,1H3,(H2,16,19). The third-order valence-corrected chi connectivity index (χ3v) is 3.57.